The molecule has 124 valence electrons. The van der Waals surface area contributed by atoms with E-state index in [1.807, 2.05) is 0 Å². The van der Waals surface area contributed by atoms with Gasteiger partial charge in [-0.3, -0.25) is 0 Å². The first-order valence-electron chi connectivity index (χ1n) is 8.12. The van der Waals surface area contributed by atoms with Crippen LogP contribution in [0, 0.1) is 0 Å². The van der Waals surface area contributed by atoms with Crippen LogP contribution in [0.15, 0.2) is 16.1 Å². The van der Waals surface area contributed by atoms with Crippen LogP contribution in [-0.4, -0.2) is 9.97 Å². The maximum Gasteiger partial charge on any atom is 0.196 e. The van der Waals surface area contributed by atoms with Crippen molar-refractivity contribution in [2.45, 2.75) is 79.1 Å². The maximum absolute atomic E-state index is 5.28. The van der Waals surface area contributed by atoms with E-state index in [9.17, 15) is 0 Å². The Hall–Kier alpha value is -1.16. The fraction of sp³-hybridized carbons (Fsp3) is 0.667. The number of hydrogen-bond donors (Lipinski definition) is 0. The van der Waals surface area contributed by atoms with Gasteiger partial charge in [0.2, 0.25) is 0 Å². The zero-order valence-corrected chi connectivity index (χ0v) is 16.0. The first-order valence-corrected chi connectivity index (χ1v) is 9.00. The first kappa shape index (κ1) is 18.9. The number of nitrogens with zero attached hydrogens (tertiary/aromatic N) is 2. The van der Waals surface area contributed by atoms with E-state index in [4.69, 9.17) is 4.42 Å². The fourth-order valence-corrected chi connectivity index (χ4v) is 2.66. The molecule has 2 rings (SSSR count). The molecule has 0 aliphatic heterocycles. The molecule has 0 atom stereocenters. The van der Waals surface area contributed by atoms with Gasteiger partial charge in [0.1, 0.15) is 6.26 Å². The summed E-state index contributed by atoms with van der Waals surface area (Å²) in [6.45, 7) is 17.1. The highest BCUT2D eigenvalue weighted by Crippen LogP contribution is 2.23. The number of oxazole rings is 1. The van der Waals surface area contributed by atoms with Crippen LogP contribution in [-0.2, 0) is 0 Å². The fourth-order valence-electron chi connectivity index (χ4n) is 1.66. The van der Waals surface area contributed by atoms with Crippen LogP contribution in [0.3, 0.4) is 0 Å². The molecule has 2 aromatic rings. The van der Waals surface area contributed by atoms with Gasteiger partial charge in [-0.15, -0.1) is 11.3 Å². The third kappa shape index (κ3) is 5.56. The molecular formula is C18H30N2OS. The summed E-state index contributed by atoms with van der Waals surface area (Å²) in [6, 6.07) is 0. The van der Waals surface area contributed by atoms with Crippen molar-refractivity contribution >= 4 is 11.3 Å². The Labute approximate surface area is 139 Å². The Balaban J connectivity index is 0.000000220. The summed E-state index contributed by atoms with van der Waals surface area (Å²) in [5.74, 6) is 2.84. The van der Waals surface area contributed by atoms with Gasteiger partial charge in [-0.25, -0.2) is 9.97 Å². The van der Waals surface area contributed by atoms with Crippen molar-refractivity contribution < 1.29 is 4.42 Å². The van der Waals surface area contributed by atoms with Gasteiger partial charge in [0.25, 0.3) is 0 Å². The molecule has 4 heteroatoms. The quantitative estimate of drug-likeness (QED) is 0.662. The average molecular weight is 323 g/mol. The van der Waals surface area contributed by atoms with E-state index in [1.165, 1.54) is 10.7 Å². The Morgan fingerprint density at radius 3 is 1.64 bits per heavy atom. The summed E-state index contributed by atoms with van der Waals surface area (Å²) < 4.78 is 5.28. The Morgan fingerprint density at radius 1 is 0.773 bits per heavy atom. The largest absolute Gasteiger partial charge is 0.448 e. The number of aromatic nitrogens is 2. The molecule has 0 aromatic carbocycles. The minimum absolute atomic E-state index is 0.391. The summed E-state index contributed by atoms with van der Waals surface area (Å²) in [4.78, 5) is 8.87. The molecule has 0 N–H and O–H groups in total. The molecule has 0 amide bonds. The van der Waals surface area contributed by atoms with Gasteiger partial charge in [-0.05, 0) is 11.8 Å². The lowest BCUT2D eigenvalue weighted by Gasteiger charge is -1.99. The van der Waals surface area contributed by atoms with E-state index in [-0.39, 0.29) is 0 Å². The first-order chi connectivity index (χ1) is 10.2. The smallest absolute Gasteiger partial charge is 0.196 e. The maximum atomic E-state index is 5.28. The molecule has 3 nitrogen and oxygen atoms in total. The van der Waals surface area contributed by atoms with Crippen molar-refractivity contribution in [3.63, 3.8) is 0 Å². The van der Waals surface area contributed by atoms with Gasteiger partial charge in [-0.1, -0.05) is 55.4 Å². The van der Waals surface area contributed by atoms with Gasteiger partial charge >= 0.3 is 0 Å². The lowest BCUT2D eigenvalue weighted by Crippen LogP contribution is -1.90. The van der Waals surface area contributed by atoms with E-state index in [1.54, 1.807) is 17.6 Å². The van der Waals surface area contributed by atoms with Crippen LogP contribution in [0.1, 0.15) is 101 Å². The molecule has 0 saturated carbocycles. The second-order valence-electron chi connectivity index (χ2n) is 6.84. The van der Waals surface area contributed by atoms with E-state index < -0.39 is 0 Å². The SMILES string of the molecule is CC(C)c1coc(C(C)C)n1.CC(C)c1csc(C(C)C)n1. The standard InChI is InChI=1S/C9H15NO.C9H15NS/c2*1-6(2)8-5-11-9(10-8)7(3)4/h2*5-7H,1-4H3. The summed E-state index contributed by atoms with van der Waals surface area (Å²) >= 11 is 1.77. The van der Waals surface area contributed by atoms with Crippen molar-refractivity contribution in [3.8, 4) is 0 Å². The van der Waals surface area contributed by atoms with Gasteiger partial charge in [0.05, 0.1) is 16.4 Å². The number of thiazole rings is 1. The molecule has 0 fully saturated rings. The van der Waals surface area contributed by atoms with Crippen LogP contribution >= 0.6 is 11.3 Å². The second kappa shape index (κ2) is 8.47. The van der Waals surface area contributed by atoms with Crippen molar-refractivity contribution in [1.29, 1.82) is 0 Å². The van der Waals surface area contributed by atoms with Crippen molar-refractivity contribution in [1.82, 2.24) is 9.97 Å². The van der Waals surface area contributed by atoms with Crippen molar-refractivity contribution in [2.24, 2.45) is 0 Å². The van der Waals surface area contributed by atoms with Crippen LogP contribution < -0.4 is 0 Å². The zero-order valence-electron chi connectivity index (χ0n) is 15.2. The molecule has 0 aliphatic carbocycles. The van der Waals surface area contributed by atoms with E-state index in [0.29, 0.717) is 23.7 Å². The lowest BCUT2D eigenvalue weighted by atomic mass is 10.1. The highest BCUT2D eigenvalue weighted by Gasteiger charge is 2.09. The van der Waals surface area contributed by atoms with Crippen LogP contribution in [0.5, 0.6) is 0 Å². The van der Waals surface area contributed by atoms with Crippen LogP contribution in [0.2, 0.25) is 0 Å². The molecule has 0 unspecified atom stereocenters. The monoisotopic (exact) mass is 322 g/mol. The molecule has 0 aliphatic rings. The molecule has 0 bridgehead atoms. The summed E-state index contributed by atoms with van der Waals surface area (Å²) in [5, 5.41) is 3.42. The minimum Gasteiger partial charge on any atom is -0.448 e. The number of hydrogen-bond acceptors (Lipinski definition) is 4. The highest BCUT2D eigenvalue weighted by molar-refractivity contribution is 7.09. The normalized spacial score (nSPS) is 11.5. The number of rotatable bonds is 4. The van der Waals surface area contributed by atoms with E-state index in [2.05, 4.69) is 70.7 Å². The van der Waals surface area contributed by atoms with Gasteiger partial charge in [0.15, 0.2) is 5.89 Å². The Bertz CT molecular complexity index is 458. The van der Waals surface area contributed by atoms with Crippen LogP contribution in [0.4, 0.5) is 0 Å². The third-order valence-corrected chi connectivity index (χ3v) is 4.41. The molecule has 2 aromatic heterocycles. The van der Waals surface area contributed by atoms with Gasteiger partial charge in [-0.2, -0.15) is 0 Å². The van der Waals surface area contributed by atoms with E-state index >= 15 is 0 Å². The summed E-state index contributed by atoms with van der Waals surface area (Å²) in [7, 11) is 0. The molecule has 0 saturated heterocycles. The van der Waals surface area contributed by atoms with Gasteiger partial charge in [0, 0.05) is 17.2 Å². The topological polar surface area (TPSA) is 38.9 Å². The van der Waals surface area contributed by atoms with Gasteiger partial charge < -0.3 is 4.42 Å². The highest BCUT2D eigenvalue weighted by atomic mass is 32.1. The van der Waals surface area contributed by atoms with Crippen molar-refractivity contribution in [3.05, 3.63) is 33.9 Å². The molecule has 0 radical (unpaired) electrons. The molecule has 2 heterocycles. The summed E-state index contributed by atoms with van der Waals surface area (Å²) in [6.07, 6.45) is 1.75. The van der Waals surface area contributed by atoms with Crippen LogP contribution in [0.25, 0.3) is 0 Å². The predicted octanol–water partition coefficient (Wildman–Crippen LogP) is 6.31. The second-order valence-corrected chi connectivity index (χ2v) is 7.73. The van der Waals surface area contributed by atoms with Crippen molar-refractivity contribution in [2.75, 3.05) is 0 Å². The predicted molar refractivity (Wildman–Crippen MR) is 95.0 cm³/mol. The lowest BCUT2D eigenvalue weighted by molar-refractivity contribution is 0.470. The molecule has 0 spiro atoms. The Kier molecular flexibility index (Phi) is 7.27. The Morgan fingerprint density at radius 2 is 1.36 bits per heavy atom. The third-order valence-electron chi connectivity index (χ3n) is 3.25. The zero-order chi connectivity index (χ0) is 16.9. The van der Waals surface area contributed by atoms with E-state index in [0.717, 1.165) is 11.6 Å². The molecular weight excluding hydrogens is 292 g/mol. The average Bonchev–Trinajstić information content (AvgIpc) is 3.09. The molecule has 22 heavy (non-hydrogen) atoms. The minimum atomic E-state index is 0.391. The summed E-state index contributed by atoms with van der Waals surface area (Å²) in [5.41, 5.74) is 2.28.